The van der Waals surface area contributed by atoms with Gasteiger partial charge in [0.15, 0.2) is 0 Å². The van der Waals surface area contributed by atoms with Crippen molar-refractivity contribution < 1.29 is 14.2 Å². The molecule has 0 aliphatic rings. The summed E-state index contributed by atoms with van der Waals surface area (Å²) in [5.74, 6) is 0.395. The van der Waals surface area contributed by atoms with Gasteiger partial charge >= 0.3 is 5.69 Å². The Bertz CT molecular complexity index is 984. The third kappa shape index (κ3) is 4.78. The molecule has 8 nitrogen and oxygen atoms in total. The first kappa shape index (κ1) is 18.7. The summed E-state index contributed by atoms with van der Waals surface area (Å²) in [5, 5.41) is 21.1. The van der Waals surface area contributed by atoms with Gasteiger partial charge in [0.05, 0.1) is 11.5 Å². The van der Waals surface area contributed by atoms with Crippen LogP contribution in [0.3, 0.4) is 0 Å². The Hall–Kier alpha value is -3.04. The zero-order chi connectivity index (χ0) is 19.2. The minimum Gasteiger partial charge on any atom is -0.493 e. The molecule has 3 aromatic rings. The van der Waals surface area contributed by atoms with Gasteiger partial charge < -0.3 is 14.3 Å². The van der Waals surface area contributed by atoms with Crippen LogP contribution in [0.5, 0.6) is 5.88 Å². The lowest BCUT2D eigenvalue weighted by molar-refractivity contribution is -0.384. The van der Waals surface area contributed by atoms with Crippen molar-refractivity contribution in [3.05, 3.63) is 92.0 Å². The number of rotatable bonds is 8. The summed E-state index contributed by atoms with van der Waals surface area (Å²) in [6.45, 7) is 0.0422. The molecule has 3 rings (SSSR count). The van der Waals surface area contributed by atoms with E-state index in [0.717, 1.165) is 10.1 Å². The highest BCUT2D eigenvalue weighted by Crippen LogP contribution is 2.21. The average Bonchev–Trinajstić information content (AvgIpc) is 2.94. The van der Waals surface area contributed by atoms with E-state index in [-0.39, 0.29) is 30.4 Å². The molecule has 0 aliphatic carbocycles. The molecular formula is C18H17N3O5S. The van der Waals surface area contributed by atoms with Crippen LogP contribution in [-0.4, -0.2) is 19.6 Å². The lowest BCUT2D eigenvalue weighted by Gasteiger charge is -2.05. The predicted molar refractivity (Wildman–Crippen MR) is 101 cm³/mol. The largest absolute Gasteiger partial charge is 0.493 e. The van der Waals surface area contributed by atoms with E-state index in [2.05, 4.69) is 4.98 Å². The first-order valence-electron chi connectivity index (χ1n) is 8.07. The summed E-state index contributed by atoms with van der Waals surface area (Å²) in [6, 6.07) is 15.7. The Labute approximate surface area is 158 Å². The van der Waals surface area contributed by atoms with Gasteiger partial charge in [-0.05, 0) is 23.2 Å². The maximum Gasteiger partial charge on any atom is 0.329 e. The Morgan fingerprint density at radius 2 is 1.89 bits per heavy atom. The number of hydrogen-bond acceptors (Lipinski definition) is 6. The van der Waals surface area contributed by atoms with E-state index >= 15 is 0 Å². The van der Waals surface area contributed by atoms with Gasteiger partial charge in [0, 0.05) is 17.9 Å². The third-order valence-electron chi connectivity index (χ3n) is 3.85. The number of nitrogens with zero attached hydrogens (tertiary/aromatic N) is 2. The molecule has 0 saturated carbocycles. The number of nitrogens with one attached hydrogen (secondary N) is 1. The van der Waals surface area contributed by atoms with Crippen LogP contribution in [-0.2, 0) is 23.1 Å². The maximum atomic E-state index is 12.1. The minimum absolute atomic E-state index is 0.0139. The molecule has 0 spiro atoms. The van der Waals surface area contributed by atoms with E-state index in [1.807, 2.05) is 30.3 Å². The number of non-ortho nitro benzene ring substituents is 1. The Morgan fingerprint density at radius 1 is 1.15 bits per heavy atom. The predicted octanol–water partition coefficient (Wildman–Crippen LogP) is 3.20. The smallest absolute Gasteiger partial charge is 0.329 e. The highest BCUT2D eigenvalue weighted by atomic mass is 32.2. The Morgan fingerprint density at radius 3 is 2.63 bits per heavy atom. The van der Waals surface area contributed by atoms with Gasteiger partial charge in [-0.15, -0.1) is 0 Å². The molecule has 0 unspecified atom stereocenters. The molecule has 2 aromatic carbocycles. The summed E-state index contributed by atoms with van der Waals surface area (Å²) >= 11 is 1.22. The van der Waals surface area contributed by atoms with Gasteiger partial charge in [0.25, 0.3) is 5.69 Å². The maximum absolute atomic E-state index is 12.1. The molecule has 1 aromatic heterocycles. The summed E-state index contributed by atoms with van der Waals surface area (Å²) in [5.41, 5.74) is 1.31. The molecule has 1 heterocycles. The molecule has 0 saturated heterocycles. The van der Waals surface area contributed by atoms with Gasteiger partial charge in [-0.3, -0.25) is 14.7 Å². The van der Waals surface area contributed by atoms with E-state index in [0.29, 0.717) is 11.3 Å². The van der Waals surface area contributed by atoms with E-state index in [1.54, 1.807) is 6.07 Å². The van der Waals surface area contributed by atoms with Crippen molar-refractivity contribution in [2.45, 2.75) is 18.9 Å². The van der Waals surface area contributed by atoms with E-state index in [9.17, 15) is 20.0 Å². The van der Waals surface area contributed by atoms with E-state index < -0.39 is 10.6 Å². The second kappa shape index (κ2) is 8.56. The topological polar surface area (TPSA) is 110 Å². The second-order valence-corrected chi connectivity index (χ2v) is 6.52. The highest BCUT2D eigenvalue weighted by Gasteiger charge is 2.15. The number of nitro groups is 1. The number of nitro benzene ring substituents is 1. The van der Waals surface area contributed by atoms with Gasteiger partial charge in [-0.1, -0.05) is 42.5 Å². The second-order valence-electron chi connectivity index (χ2n) is 5.76. The molecule has 0 atom stereocenters. The van der Waals surface area contributed by atoms with E-state index in [4.69, 9.17) is 4.18 Å². The van der Waals surface area contributed by atoms with Crippen molar-refractivity contribution in [1.29, 1.82) is 0 Å². The first-order valence-corrected chi connectivity index (χ1v) is 8.98. The van der Waals surface area contributed by atoms with Gasteiger partial charge in [0.1, 0.15) is 12.3 Å². The zero-order valence-electron chi connectivity index (χ0n) is 14.2. The molecule has 27 heavy (non-hydrogen) atoms. The number of hydrogen-bond donors (Lipinski definition) is 2. The molecule has 0 amide bonds. The molecule has 2 N–H and O–H groups in total. The molecule has 0 aliphatic heterocycles. The number of aromatic hydroxyl groups is 1. The summed E-state index contributed by atoms with van der Waals surface area (Å²) in [7, 11) is 0. The molecular weight excluding hydrogens is 370 g/mol. The first-order chi connectivity index (χ1) is 13.0. The number of aromatic nitrogens is 2. The van der Waals surface area contributed by atoms with Crippen LogP contribution < -0.4 is 5.69 Å². The van der Waals surface area contributed by atoms with Crippen molar-refractivity contribution in [1.82, 2.24) is 9.55 Å². The number of aromatic amines is 1. The van der Waals surface area contributed by atoms with Crippen LogP contribution in [0, 0.1) is 10.1 Å². The number of benzene rings is 2. The monoisotopic (exact) mass is 387 g/mol. The standard InChI is InChI=1S/C18H17N3O5S/c22-17-16(11-26-27-12-13-5-2-1-3-6-13)19-18(23)20(17)10-14-7-4-8-15(9-14)21(24)25/h1-9,22H,10-12H2,(H,19,23). The third-order valence-corrected chi connectivity index (χ3v) is 4.58. The fourth-order valence-corrected chi connectivity index (χ4v) is 3.11. The van der Waals surface area contributed by atoms with Gasteiger partial charge in [0.2, 0.25) is 5.88 Å². The SMILES string of the molecule is O=c1[nH]c(COSCc2ccccc2)c(O)n1Cc1cccc([N+](=O)[O-])c1. The van der Waals surface area contributed by atoms with Crippen LogP contribution in [0.2, 0.25) is 0 Å². The molecule has 9 heteroatoms. The summed E-state index contributed by atoms with van der Waals surface area (Å²) < 4.78 is 6.57. The van der Waals surface area contributed by atoms with Crippen molar-refractivity contribution >= 4 is 17.7 Å². The number of H-pyrrole nitrogens is 1. The average molecular weight is 387 g/mol. The molecule has 0 bridgehead atoms. The lowest BCUT2D eigenvalue weighted by atomic mass is 10.2. The van der Waals surface area contributed by atoms with Crippen molar-refractivity contribution in [2.75, 3.05) is 0 Å². The van der Waals surface area contributed by atoms with Gasteiger partial charge in [-0.2, -0.15) is 0 Å². The summed E-state index contributed by atoms with van der Waals surface area (Å²) in [4.78, 5) is 25.0. The molecule has 0 radical (unpaired) electrons. The quantitative estimate of drug-likeness (QED) is 0.266. The van der Waals surface area contributed by atoms with Crippen LogP contribution in [0.4, 0.5) is 5.69 Å². The van der Waals surface area contributed by atoms with Gasteiger partial charge in [-0.25, -0.2) is 4.79 Å². The fraction of sp³-hybridized carbons (Fsp3) is 0.167. The molecule has 0 fully saturated rings. The Balaban J connectivity index is 1.63. The van der Waals surface area contributed by atoms with Crippen LogP contribution in [0.15, 0.2) is 59.4 Å². The van der Waals surface area contributed by atoms with Crippen molar-refractivity contribution in [3.63, 3.8) is 0 Å². The highest BCUT2D eigenvalue weighted by molar-refractivity contribution is 7.93. The van der Waals surface area contributed by atoms with Crippen molar-refractivity contribution in [3.8, 4) is 5.88 Å². The fourth-order valence-electron chi connectivity index (χ4n) is 2.49. The summed E-state index contributed by atoms with van der Waals surface area (Å²) in [6.07, 6.45) is 0. The van der Waals surface area contributed by atoms with Crippen LogP contribution in [0.25, 0.3) is 0 Å². The lowest BCUT2D eigenvalue weighted by Crippen LogP contribution is -2.17. The van der Waals surface area contributed by atoms with Crippen molar-refractivity contribution in [2.24, 2.45) is 0 Å². The normalized spacial score (nSPS) is 10.8. The molecule has 140 valence electrons. The van der Waals surface area contributed by atoms with E-state index in [1.165, 1.54) is 30.2 Å². The zero-order valence-corrected chi connectivity index (χ0v) is 15.0. The minimum atomic E-state index is -0.509. The number of imidazole rings is 1. The van der Waals surface area contributed by atoms with Crippen LogP contribution >= 0.6 is 12.0 Å². The Kier molecular flexibility index (Phi) is 5.94. The van der Waals surface area contributed by atoms with Crippen LogP contribution in [0.1, 0.15) is 16.8 Å².